The standard InChI is InChI=1S/C4H12N2.2HNO3/c1-5-3-4-6-2;2*2-1(3)4/h5-6H,3-4H2,1-2H3;2*(H,2,3,4). The van der Waals surface area contributed by atoms with Crippen molar-refractivity contribution in [1.29, 1.82) is 0 Å². The molecule has 86 valence electrons. The number of likely N-dealkylation sites (N-methyl/N-ethyl adjacent to an activating group) is 2. The Balaban J connectivity index is -0.000000135. The first kappa shape index (κ1) is 18.2. The van der Waals surface area contributed by atoms with Crippen LogP contribution in [0.1, 0.15) is 0 Å². The highest BCUT2D eigenvalue weighted by Gasteiger charge is 1.71. The molecule has 0 amide bonds. The van der Waals surface area contributed by atoms with Gasteiger partial charge in [-0.3, -0.25) is 0 Å². The summed E-state index contributed by atoms with van der Waals surface area (Å²) in [5.74, 6) is 0. The lowest BCUT2D eigenvalue weighted by Gasteiger charge is -1.92. The predicted molar refractivity (Wildman–Crippen MR) is 45.4 cm³/mol. The van der Waals surface area contributed by atoms with Crippen LogP contribution in [-0.2, 0) is 0 Å². The third-order valence-corrected chi connectivity index (χ3v) is 0.625. The average molecular weight is 214 g/mol. The molecule has 14 heavy (non-hydrogen) atoms. The molecule has 4 N–H and O–H groups in total. The maximum absolute atomic E-state index is 8.36. The van der Waals surface area contributed by atoms with E-state index in [9.17, 15) is 0 Å². The van der Waals surface area contributed by atoms with Gasteiger partial charge < -0.3 is 21.0 Å². The van der Waals surface area contributed by atoms with Gasteiger partial charge in [0.25, 0.3) is 10.2 Å². The van der Waals surface area contributed by atoms with Crippen molar-refractivity contribution in [3.8, 4) is 0 Å². The minimum atomic E-state index is -1.50. The zero-order chi connectivity index (χ0) is 12.0. The summed E-state index contributed by atoms with van der Waals surface area (Å²) >= 11 is 0. The van der Waals surface area contributed by atoms with E-state index in [2.05, 4.69) is 10.6 Å². The number of nitrogens with zero attached hydrogens (tertiary/aromatic N) is 2. The number of rotatable bonds is 3. The third kappa shape index (κ3) is 514. The van der Waals surface area contributed by atoms with E-state index in [0.29, 0.717) is 0 Å². The fraction of sp³-hybridized carbons (Fsp3) is 1.00. The highest BCUT2D eigenvalue weighted by molar-refractivity contribution is 4.38. The highest BCUT2D eigenvalue weighted by Crippen LogP contribution is 1.45. The van der Waals surface area contributed by atoms with E-state index in [1.807, 2.05) is 14.1 Å². The fourth-order valence-electron chi connectivity index (χ4n) is 0.250. The largest absolute Gasteiger partial charge is 0.328 e. The summed E-state index contributed by atoms with van der Waals surface area (Å²) < 4.78 is 0. The molecule has 0 aliphatic rings. The molecule has 0 heterocycles. The average Bonchev–Trinajstić information content (AvgIpc) is 1.98. The summed E-state index contributed by atoms with van der Waals surface area (Å²) in [4.78, 5) is 16.7. The van der Waals surface area contributed by atoms with Crippen LogP contribution in [0, 0.1) is 20.2 Å². The molecule has 0 aliphatic carbocycles. The summed E-state index contributed by atoms with van der Waals surface area (Å²) in [5, 5.41) is 33.3. The molecule has 0 atom stereocenters. The molecule has 0 aromatic rings. The van der Waals surface area contributed by atoms with Crippen LogP contribution in [0.4, 0.5) is 0 Å². The van der Waals surface area contributed by atoms with Crippen LogP contribution >= 0.6 is 0 Å². The van der Waals surface area contributed by atoms with Crippen LogP contribution < -0.4 is 10.6 Å². The summed E-state index contributed by atoms with van der Waals surface area (Å²) in [6.07, 6.45) is 0. The maximum Gasteiger partial charge on any atom is 0.291 e. The second-order valence-corrected chi connectivity index (χ2v) is 1.68. The lowest BCUT2D eigenvalue weighted by molar-refractivity contribution is -0.742. The van der Waals surface area contributed by atoms with E-state index in [0.717, 1.165) is 13.1 Å². The van der Waals surface area contributed by atoms with Gasteiger partial charge in [0, 0.05) is 13.1 Å². The number of nitrogens with one attached hydrogen (secondary N) is 2. The van der Waals surface area contributed by atoms with Gasteiger partial charge in [0.15, 0.2) is 0 Å². The molecule has 0 unspecified atom stereocenters. The second-order valence-electron chi connectivity index (χ2n) is 1.68. The Kier molecular flexibility index (Phi) is 22.6. The summed E-state index contributed by atoms with van der Waals surface area (Å²) in [6, 6.07) is 0. The molecule has 0 rings (SSSR count). The van der Waals surface area contributed by atoms with Crippen LogP contribution in [0.2, 0.25) is 0 Å². The van der Waals surface area contributed by atoms with E-state index >= 15 is 0 Å². The summed E-state index contributed by atoms with van der Waals surface area (Å²) in [7, 11) is 3.88. The van der Waals surface area contributed by atoms with Gasteiger partial charge in [-0.2, -0.15) is 0 Å². The fourth-order valence-corrected chi connectivity index (χ4v) is 0.250. The zero-order valence-corrected chi connectivity index (χ0v) is 7.84. The molecule has 0 spiro atoms. The molecule has 0 radical (unpaired) electrons. The molecule has 0 saturated carbocycles. The zero-order valence-electron chi connectivity index (χ0n) is 7.84. The molecule has 0 aromatic carbocycles. The molecular formula is C4H14N4O6. The SMILES string of the molecule is CNCCNC.O=[N+]([O-])O.O=[N+]([O-])O. The molecule has 0 aliphatic heterocycles. The second kappa shape index (κ2) is 17.4. The van der Waals surface area contributed by atoms with E-state index in [-0.39, 0.29) is 0 Å². The van der Waals surface area contributed by atoms with Gasteiger partial charge in [0.05, 0.1) is 0 Å². The number of hydrogen-bond acceptors (Lipinski definition) is 6. The van der Waals surface area contributed by atoms with Crippen molar-refractivity contribution in [2.75, 3.05) is 27.2 Å². The monoisotopic (exact) mass is 214 g/mol. The normalized spacial score (nSPS) is 7.29. The van der Waals surface area contributed by atoms with Crippen molar-refractivity contribution < 1.29 is 20.6 Å². The van der Waals surface area contributed by atoms with Crippen molar-refractivity contribution in [2.24, 2.45) is 0 Å². The van der Waals surface area contributed by atoms with Gasteiger partial charge in [0.1, 0.15) is 0 Å². The van der Waals surface area contributed by atoms with Gasteiger partial charge in [-0.15, -0.1) is 20.2 Å². The highest BCUT2D eigenvalue weighted by atomic mass is 16.9. The lowest BCUT2D eigenvalue weighted by atomic mass is 10.6. The van der Waals surface area contributed by atoms with Crippen molar-refractivity contribution in [3.63, 3.8) is 0 Å². The minimum Gasteiger partial charge on any atom is -0.328 e. The van der Waals surface area contributed by atoms with Crippen molar-refractivity contribution in [1.82, 2.24) is 10.6 Å². The molecule has 0 aromatic heterocycles. The Morgan fingerprint density at radius 3 is 1.21 bits per heavy atom. The smallest absolute Gasteiger partial charge is 0.291 e. The van der Waals surface area contributed by atoms with E-state index in [1.54, 1.807) is 0 Å². The minimum absolute atomic E-state index is 1.05. The topological polar surface area (TPSA) is 151 Å². The van der Waals surface area contributed by atoms with Crippen molar-refractivity contribution in [2.45, 2.75) is 0 Å². The Hall–Kier alpha value is -1.68. The van der Waals surface area contributed by atoms with Crippen LogP contribution in [0.3, 0.4) is 0 Å². The first-order valence-corrected chi connectivity index (χ1v) is 3.34. The third-order valence-electron chi connectivity index (χ3n) is 0.625. The maximum atomic E-state index is 8.36. The Bertz CT molecular complexity index is 118. The molecule has 10 nitrogen and oxygen atoms in total. The molecule has 0 bridgehead atoms. The van der Waals surface area contributed by atoms with E-state index < -0.39 is 10.2 Å². The molecular weight excluding hydrogens is 200 g/mol. The van der Waals surface area contributed by atoms with Gasteiger partial charge in [-0.05, 0) is 14.1 Å². The van der Waals surface area contributed by atoms with Crippen LogP contribution in [0.25, 0.3) is 0 Å². The van der Waals surface area contributed by atoms with Crippen LogP contribution in [-0.4, -0.2) is 47.8 Å². The Morgan fingerprint density at radius 1 is 1.00 bits per heavy atom. The van der Waals surface area contributed by atoms with Gasteiger partial charge in [0.2, 0.25) is 0 Å². The van der Waals surface area contributed by atoms with Gasteiger partial charge in [-0.25, -0.2) is 0 Å². The van der Waals surface area contributed by atoms with Gasteiger partial charge in [-0.1, -0.05) is 0 Å². The van der Waals surface area contributed by atoms with Crippen LogP contribution in [0.5, 0.6) is 0 Å². The van der Waals surface area contributed by atoms with Crippen molar-refractivity contribution >= 4 is 0 Å². The summed E-state index contributed by atoms with van der Waals surface area (Å²) in [6.45, 7) is 2.10. The van der Waals surface area contributed by atoms with E-state index in [1.165, 1.54) is 0 Å². The van der Waals surface area contributed by atoms with E-state index in [4.69, 9.17) is 30.6 Å². The molecule has 0 saturated heterocycles. The molecule has 10 heteroatoms. The quantitative estimate of drug-likeness (QED) is 0.258. The van der Waals surface area contributed by atoms with Gasteiger partial charge >= 0.3 is 0 Å². The Labute approximate surface area is 79.7 Å². The predicted octanol–water partition coefficient (Wildman–Crippen LogP) is -1.27. The first-order valence-electron chi connectivity index (χ1n) is 3.34. The van der Waals surface area contributed by atoms with Crippen LogP contribution in [0.15, 0.2) is 0 Å². The first-order chi connectivity index (χ1) is 6.38. The Morgan fingerprint density at radius 2 is 1.14 bits per heavy atom. The number of hydrogen-bond donors (Lipinski definition) is 4. The summed E-state index contributed by atoms with van der Waals surface area (Å²) in [5.41, 5.74) is 0. The van der Waals surface area contributed by atoms with Crippen molar-refractivity contribution in [3.05, 3.63) is 20.2 Å². The molecule has 0 fully saturated rings. The lowest BCUT2D eigenvalue weighted by Crippen LogP contribution is -2.21.